The second kappa shape index (κ2) is 8.11. The van der Waals surface area contributed by atoms with Crippen LogP contribution in [0.25, 0.3) is 0 Å². The number of amides is 2. The highest BCUT2D eigenvalue weighted by molar-refractivity contribution is 7.89. The van der Waals surface area contributed by atoms with E-state index in [-0.39, 0.29) is 35.9 Å². The van der Waals surface area contributed by atoms with Gasteiger partial charge in [0.2, 0.25) is 15.9 Å². The number of hydrogen-bond donors (Lipinski definition) is 1. The van der Waals surface area contributed by atoms with Crippen molar-refractivity contribution in [3.8, 4) is 0 Å². The van der Waals surface area contributed by atoms with Gasteiger partial charge in [0.15, 0.2) is 0 Å². The molecule has 180 valence electrons. The summed E-state index contributed by atoms with van der Waals surface area (Å²) in [4.78, 5) is 26.2. The molecule has 9 nitrogen and oxygen atoms in total. The first kappa shape index (κ1) is 22.9. The van der Waals surface area contributed by atoms with Gasteiger partial charge in [0.25, 0.3) is 0 Å². The van der Waals surface area contributed by atoms with Crippen LogP contribution in [0, 0.1) is 5.92 Å². The molecule has 33 heavy (non-hydrogen) atoms. The van der Waals surface area contributed by atoms with E-state index < -0.39 is 27.3 Å². The Morgan fingerprint density at radius 2 is 1.94 bits per heavy atom. The Balaban J connectivity index is 1.49. The van der Waals surface area contributed by atoms with E-state index in [0.717, 1.165) is 12.8 Å². The molecule has 0 aromatic heterocycles. The van der Waals surface area contributed by atoms with Crippen molar-refractivity contribution >= 4 is 33.6 Å². The van der Waals surface area contributed by atoms with Crippen molar-refractivity contribution in [3.63, 3.8) is 0 Å². The van der Waals surface area contributed by atoms with Gasteiger partial charge in [0.1, 0.15) is 12.1 Å². The molecule has 2 aliphatic carbocycles. The van der Waals surface area contributed by atoms with Gasteiger partial charge >= 0.3 is 6.09 Å². The zero-order valence-electron chi connectivity index (χ0n) is 18.5. The standard InChI is InChI=1S/C22H28ClN3O6S/c1-21(22(8-9-22)32-20(28)25-11-10-24-19(27)12-25)14-31-13-18(15-2-3-15)26(21)33(29,30)17-6-4-16(23)5-7-17/h4-7,15,18H,2-3,8-14H2,1H3,(H,24,27)/t18-,21-/m0/s1. The van der Waals surface area contributed by atoms with Crippen molar-refractivity contribution in [2.75, 3.05) is 32.8 Å². The van der Waals surface area contributed by atoms with Crippen LogP contribution >= 0.6 is 11.6 Å². The first-order chi connectivity index (χ1) is 15.7. The van der Waals surface area contributed by atoms with E-state index >= 15 is 0 Å². The average Bonchev–Trinajstić information content (AvgIpc) is 3.68. The molecule has 4 fully saturated rings. The predicted molar refractivity (Wildman–Crippen MR) is 119 cm³/mol. The molecule has 5 rings (SSSR count). The van der Waals surface area contributed by atoms with Crippen LogP contribution < -0.4 is 5.32 Å². The van der Waals surface area contributed by atoms with Crippen molar-refractivity contribution < 1.29 is 27.5 Å². The van der Waals surface area contributed by atoms with Gasteiger partial charge in [0.05, 0.1) is 29.7 Å². The van der Waals surface area contributed by atoms with Crippen LogP contribution in [0.15, 0.2) is 29.2 Å². The fourth-order valence-corrected chi connectivity index (χ4v) is 7.24. The molecule has 0 bridgehead atoms. The third kappa shape index (κ3) is 4.00. The van der Waals surface area contributed by atoms with Crippen molar-refractivity contribution in [1.82, 2.24) is 14.5 Å². The van der Waals surface area contributed by atoms with Gasteiger partial charge in [-0.25, -0.2) is 13.2 Å². The van der Waals surface area contributed by atoms with E-state index in [9.17, 15) is 18.0 Å². The van der Waals surface area contributed by atoms with Gasteiger partial charge in [-0.2, -0.15) is 4.31 Å². The summed E-state index contributed by atoms with van der Waals surface area (Å²) in [6, 6.07) is 5.81. The molecule has 0 radical (unpaired) electrons. The smallest absolute Gasteiger partial charge is 0.410 e. The van der Waals surface area contributed by atoms with E-state index in [1.54, 1.807) is 16.4 Å². The van der Waals surface area contributed by atoms with E-state index in [1.165, 1.54) is 17.0 Å². The summed E-state index contributed by atoms with van der Waals surface area (Å²) in [5.74, 6) is -0.0278. The van der Waals surface area contributed by atoms with Gasteiger partial charge in [0, 0.05) is 18.1 Å². The predicted octanol–water partition coefficient (Wildman–Crippen LogP) is 2.00. The fraction of sp³-hybridized carbons (Fsp3) is 0.636. The number of carbonyl (C=O) groups is 2. The molecule has 2 amide bonds. The topological polar surface area (TPSA) is 105 Å². The maximum Gasteiger partial charge on any atom is 0.410 e. The summed E-state index contributed by atoms with van der Waals surface area (Å²) in [6.07, 6.45) is 2.34. The molecule has 2 saturated heterocycles. The maximum absolute atomic E-state index is 14.0. The van der Waals surface area contributed by atoms with E-state index in [4.69, 9.17) is 21.1 Å². The summed E-state index contributed by atoms with van der Waals surface area (Å²) in [5, 5.41) is 3.14. The molecule has 11 heteroatoms. The minimum Gasteiger partial charge on any atom is -0.441 e. The largest absolute Gasteiger partial charge is 0.441 e. The number of rotatable bonds is 5. The Labute approximate surface area is 198 Å². The lowest BCUT2D eigenvalue weighted by atomic mass is 9.89. The van der Waals surface area contributed by atoms with Gasteiger partial charge < -0.3 is 14.8 Å². The number of piperazine rings is 1. The summed E-state index contributed by atoms with van der Waals surface area (Å²) in [5.41, 5.74) is -2.09. The number of hydrogen-bond acceptors (Lipinski definition) is 6. The molecule has 1 N–H and O–H groups in total. The first-order valence-electron chi connectivity index (χ1n) is 11.3. The lowest BCUT2D eigenvalue weighted by molar-refractivity contribution is -0.130. The molecular weight excluding hydrogens is 470 g/mol. The van der Waals surface area contributed by atoms with Gasteiger partial charge in [-0.05, 0) is 62.8 Å². The Bertz CT molecular complexity index is 1060. The number of halogens is 1. The number of sulfonamides is 1. The highest BCUT2D eigenvalue weighted by Crippen LogP contribution is 2.56. The number of benzene rings is 1. The number of nitrogens with zero attached hydrogens (tertiary/aromatic N) is 2. The van der Waals surface area contributed by atoms with Gasteiger partial charge in [-0.1, -0.05) is 11.6 Å². The third-order valence-electron chi connectivity index (χ3n) is 7.26. The van der Waals surface area contributed by atoms with Crippen LogP contribution in [0.4, 0.5) is 4.79 Å². The van der Waals surface area contributed by atoms with Crippen LogP contribution in [-0.4, -0.2) is 79.7 Å². The van der Waals surface area contributed by atoms with Gasteiger partial charge in [-0.3, -0.25) is 9.69 Å². The summed E-state index contributed by atoms with van der Waals surface area (Å²) in [6.45, 7) is 2.89. The quantitative estimate of drug-likeness (QED) is 0.667. The monoisotopic (exact) mass is 497 g/mol. The highest BCUT2D eigenvalue weighted by Gasteiger charge is 2.68. The van der Waals surface area contributed by atoms with Crippen LogP contribution in [0.3, 0.4) is 0 Å². The fourth-order valence-electron chi connectivity index (χ4n) is 5.07. The second-order valence-electron chi connectivity index (χ2n) is 9.58. The average molecular weight is 498 g/mol. The molecule has 0 unspecified atom stereocenters. The normalized spacial score (nSPS) is 29.9. The lowest BCUT2D eigenvalue weighted by Gasteiger charge is -2.51. The second-order valence-corrected chi connectivity index (χ2v) is 11.8. The summed E-state index contributed by atoms with van der Waals surface area (Å²) < 4.78 is 41.5. The summed E-state index contributed by atoms with van der Waals surface area (Å²) >= 11 is 6.00. The Hall–Kier alpha value is -1.88. The Morgan fingerprint density at radius 3 is 2.55 bits per heavy atom. The number of ether oxygens (including phenoxy) is 2. The number of morpholine rings is 1. The number of carbonyl (C=O) groups excluding carboxylic acids is 2. The molecule has 4 aliphatic rings. The third-order valence-corrected chi connectivity index (χ3v) is 9.57. The molecule has 2 atom stereocenters. The van der Waals surface area contributed by atoms with Crippen molar-refractivity contribution in [3.05, 3.63) is 29.3 Å². The first-order valence-corrected chi connectivity index (χ1v) is 13.1. The molecule has 0 spiro atoms. The van der Waals surface area contributed by atoms with Crippen LogP contribution in [0.1, 0.15) is 32.6 Å². The Kier molecular flexibility index (Phi) is 5.63. The minimum absolute atomic E-state index is 0.0698. The molecule has 2 heterocycles. The zero-order chi connectivity index (χ0) is 23.4. The van der Waals surface area contributed by atoms with Crippen LogP contribution in [0.2, 0.25) is 5.02 Å². The Morgan fingerprint density at radius 1 is 1.24 bits per heavy atom. The van der Waals surface area contributed by atoms with E-state index in [0.29, 0.717) is 37.6 Å². The highest BCUT2D eigenvalue weighted by atomic mass is 35.5. The minimum atomic E-state index is -3.93. The summed E-state index contributed by atoms with van der Waals surface area (Å²) in [7, 11) is -3.93. The molecular formula is C22H28ClN3O6S. The molecule has 1 aromatic carbocycles. The van der Waals surface area contributed by atoms with E-state index in [1.807, 2.05) is 6.92 Å². The zero-order valence-corrected chi connectivity index (χ0v) is 20.0. The van der Waals surface area contributed by atoms with Crippen molar-refractivity contribution in [2.45, 2.75) is 54.7 Å². The van der Waals surface area contributed by atoms with Gasteiger partial charge in [-0.15, -0.1) is 0 Å². The van der Waals surface area contributed by atoms with Crippen molar-refractivity contribution in [2.24, 2.45) is 5.92 Å². The number of nitrogens with one attached hydrogen (secondary N) is 1. The molecule has 2 saturated carbocycles. The molecule has 2 aliphatic heterocycles. The SMILES string of the molecule is C[C@@]1(C2(OC(=O)N3CCNC(=O)C3)CC2)COC[C@@H](C2CC2)N1S(=O)(=O)c1ccc(Cl)cc1. The molecule has 1 aromatic rings. The maximum atomic E-state index is 14.0. The van der Waals surface area contributed by atoms with Crippen LogP contribution in [-0.2, 0) is 24.3 Å². The lowest BCUT2D eigenvalue weighted by Crippen LogP contribution is -2.69. The van der Waals surface area contributed by atoms with E-state index in [2.05, 4.69) is 5.32 Å². The van der Waals surface area contributed by atoms with Crippen molar-refractivity contribution in [1.29, 1.82) is 0 Å². The van der Waals surface area contributed by atoms with Crippen LogP contribution in [0.5, 0.6) is 0 Å².